The van der Waals surface area contributed by atoms with Crippen LogP contribution < -0.4 is 19.7 Å². The molecule has 0 aliphatic carbocycles. The fourth-order valence-corrected chi connectivity index (χ4v) is 3.71. The van der Waals surface area contributed by atoms with E-state index in [2.05, 4.69) is 4.98 Å². The van der Waals surface area contributed by atoms with Crippen LogP contribution in [0, 0.1) is 0 Å². The number of thiazole rings is 1. The zero-order valence-electron chi connectivity index (χ0n) is 15.7. The number of methoxy groups -OCH3 is 2. The van der Waals surface area contributed by atoms with E-state index in [0.717, 1.165) is 20.8 Å². The van der Waals surface area contributed by atoms with E-state index in [1.807, 2.05) is 36.4 Å². The first-order chi connectivity index (χ1) is 13.7. The van der Waals surface area contributed by atoms with Gasteiger partial charge < -0.3 is 14.2 Å². The zero-order valence-corrected chi connectivity index (χ0v) is 16.5. The first-order valence-corrected chi connectivity index (χ1v) is 9.65. The molecule has 1 heterocycles. The Morgan fingerprint density at radius 1 is 1.14 bits per heavy atom. The highest BCUT2D eigenvalue weighted by atomic mass is 32.1. The molecule has 1 amide bonds. The van der Waals surface area contributed by atoms with Crippen LogP contribution in [0.15, 0.2) is 36.4 Å². The van der Waals surface area contributed by atoms with Crippen LogP contribution in [0.3, 0.4) is 0 Å². The number of ether oxygens (including phenoxy) is 3. The van der Waals surface area contributed by atoms with Crippen LogP contribution in [0.5, 0.6) is 17.2 Å². The molecule has 0 fully saturated rings. The minimum absolute atomic E-state index is 0.241. The molecule has 0 saturated heterocycles. The third kappa shape index (κ3) is 4.52. The van der Waals surface area contributed by atoms with E-state index in [1.54, 1.807) is 31.0 Å². The second-order valence-electron chi connectivity index (χ2n) is 6.04. The Balaban J connectivity index is 1.79. The Kier molecular flexibility index (Phi) is 6.67. The number of benzene rings is 2. The summed E-state index contributed by atoms with van der Waals surface area (Å²) in [5.74, 6) is 1.22. The Morgan fingerprint density at radius 2 is 1.86 bits per heavy atom. The first kappa shape index (κ1) is 19.9. The predicted octanol–water partition coefficient (Wildman–Crippen LogP) is 4.04. The molecule has 0 atom stereocenters. The van der Waals surface area contributed by atoms with Crippen LogP contribution in [0.25, 0.3) is 20.8 Å². The number of hydrogen-bond donors (Lipinski definition) is 2. The summed E-state index contributed by atoms with van der Waals surface area (Å²) in [4.78, 5) is 15.7. The molecule has 148 valence electrons. The van der Waals surface area contributed by atoms with Gasteiger partial charge in [-0.1, -0.05) is 12.1 Å². The Morgan fingerprint density at radius 3 is 2.50 bits per heavy atom. The maximum Gasteiger partial charge on any atom is 0.243 e. The summed E-state index contributed by atoms with van der Waals surface area (Å²) in [5, 5.41) is 9.38. The number of carbonyl (C=O) groups is 1. The van der Waals surface area contributed by atoms with E-state index in [4.69, 9.17) is 19.4 Å². The Bertz CT molecular complexity index is 899. The minimum Gasteiger partial charge on any atom is -0.493 e. The predicted molar refractivity (Wildman–Crippen MR) is 107 cm³/mol. The van der Waals surface area contributed by atoms with Crippen molar-refractivity contribution in [3.05, 3.63) is 36.4 Å². The molecule has 3 aromatic rings. The van der Waals surface area contributed by atoms with Gasteiger partial charge in [0.2, 0.25) is 11.7 Å². The maximum absolute atomic E-state index is 11.0. The molecule has 7 nitrogen and oxygen atoms in total. The molecule has 0 aliphatic rings. The molecule has 28 heavy (non-hydrogen) atoms. The summed E-state index contributed by atoms with van der Waals surface area (Å²) in [6.07, 6.45) is 1.49. The molecule has 2 N–H and O–H groups in total. The molecule has 1 aromatic heterocycles. The molecule has 0 aliphatic heterocycles. The molecule has 0 bridgehead atoms. The number of amides is 1. The number of unbranched alkanes of at least 4 members (excludes halogenated alkanes) is 1. The van der Waals surface area contributed by atoms with Gasteiger partial charge in [0.15, 0.2) is 11.5 Å². The van der Waals surface area contributed by atoms with Gasteiger partial charge in [0.05, 0.1) is 31.0 Å². The van der Waals surface area contributed by atoms with Gasteiger partial charge in [0.1, 0.15) is 5.01 Å². The lowest BCUT2D eigenvalue weighted by Gasteiger charge is -2.15. The van der Waals surface area contributed by atoms with Crippen LogP contribution in [-0.4, -0.2) is 36.9 Å². The van der Waals surface area contributed by atoms with Gasteiger partial charge in [-0.05, 0) is 37.1 Å². The van der Waals surface area contributed by atoms with Gasteiger partial charge in [-0.25, -0.2) is 10.5 Å². The van der Waals surface area contributed by atoms with Crippen LogP contribution in [0.2, 0.25) is 0 Å². The highest BCUT2D eigenvalue weighted by Gasteiger charge is 2.17. The quantitative estimate of drug-likeness (QED) is 0.319. The van der Waals surface area contributed by atoms with E-state index in [9.17, 15) is 4.79 Å². The molecule has 0 unspecified atom stereocenters. The van der Waals surface area contributed by atoms with Gasteiger partial charge >= 0.3 is 0 Å². The lowest BCUT2D eigenvalue weighted by atomic mass is 10.2. The van der Waals surface area contributed by atoms with Crippen LogP contribution in [0.1, 0.15) is 19.3 Å². The number of aromatic nitrogens is 1. The molecule has 2 aromatic carbocycles. The lowest BCUT2D eigenvalue weighted by Crippen LogP contribution is -2.18. The van der Waals surface area contributed by atoms with Crippen LogP contribution >= 0.6 is 11.3 Å². The van der Waals surface area contributed by atoms with Crippen molar-refractivity contribution in [2.75, 3.05) is 20.8 Å². The third-order valence-electron chi connectivity index (χ3n) is 4.17. The van der Waals surface area contributed by atoms with Crippen molar-refractivity contribution < 1.29 is 24.2 Å². The van der Waals surface area contributed by atoms with Crippen molar-refractivity contribution in [1.82, 2.24) is 10.5 Å². The highest BCUT2D eigenvalue weighted by Crippen LogP contribution is 2.43. The van der Waals surface area contributed by atoms with Gasteiger partial charge in [-0.15, -0.1) is 11.3 Å². The van der Waals surface area contributed by atoms with Crippen molar-refractivity contribution in [3.8, 4) is 27.8 Å². The SMILES string of the molecule is COc1cc(-c2nc3ccccc3s2)cc(OC)c1OCCCCC(=O)NO. The molecule has 3 rings (SSSR count). The van der Waals surface area contributed by atoms with Crippen molar-refractivity contribution in [2.24, 2.45) is 0 Å². The molecule has 8 heteroatoms. The average Bonchev–Trinajstić information content (AvgIpc) is 3.17. The zero-order chi connectivity index (χ0) is 19.9. The number of hydroxylamine groups is 1. The maximum atomic E-state index is 11.0. The summed E-state index contributed by atoms with van der Waals surface area (Å²) < 4.78 is 18.0. The normalized spacial score (nSPS) is 10.7. The minimum atomic E-state index is -0.407. The molecule has 0 radical (unpaired) electrons. The van der Waals surface area contributed by atoms with Crippen LogP contribution in [0.4, 0.5) is 0 Å². The number of nitrogens with one attached hydrogen (secondary N) is 1. The summed E-state index contributed by atoms with van der Waals surface area (Å²) in [6.45, 7) is 0.395. The summed E-state index contributed by atoms with van der Waals surface area (Å²) in [7, 11) is 3.16. The van der Waals surface area contributed by atoms with E-state index in [0.29, 0.717) is 36.7 Å². The summed E-state index contributed by atoms with van der Waals surface area (Å²) >= 11 is 1.60. The van der Waals surface area contributed by atoms with E-state index < -0.39 is 5.91 Å². The number of rotatable bonds is 9. The number of para-hydroxylation sites is 1. The molecule has 0 saturated carbocycles. The Hall–Kier alpha value is -2.84. The van der Waals surface area contributed by atoms with Gasteiger partial charge in [-0.3, -0.25) is 10.0 Å². The third-order valence-corrected chi connectivity index (χ3v) is 5.26. The summed E-state index contributed by atoms with van der Waals surface area (Å²) in [5.41, 5.74) is 3.46. The van der Waals surface area contributed by atoms with Crippen molar-refractivity contribution in [3.63, 3.8) is 0 Å². The smallest absolute Gasteiger partial charge is 0.243 e. The van der Waals surface area contributed by atoms with Gasteiger partial charge in [0, 0.05) is 12.0 Å². The van der Waals surface area contributed by atoms with Gasteiger partial charge in [0.25, 0.3) is 0 Å². The number of nitrogens with zero attached hydrogens (tertiary/aromatic N) is 1. The van der Waals surface area contributed by atoms with Crippen molar-refractivity contribution in [2.45, 2.75) is 19.3 Å². The topological polar surface area (TPSA) is 89.9 Å². The van der Waals surface area contributed by atoms with E-state index >= 15 is 0 Å². The average molecular weight is 402 g/mol. The standard InChI is InChI=1S/C20H22N2O5S/c1-25-15-11-13(20-21-14-7-3-4-8-17(14)28-20)12-16(26-2)19(15)27-10-6-5-9-18(23)22-24/h3-4,7-8,11-12,24H,5-6,9-10H2,1-2H3,(H,22,23). The second kappa shape index (κ2) is 9.38. The Labute approximate surface area is 166 Å². The molecular formula is C20H22N2O5S. The first-order valence-electron chi connectivity index (χ1n) is 8.84. The van der Waals surface area contributed by atoms with E-state index in [-0.39, 0.29) is 6.42 Å². The molecule has 0 spiro atoms. The number of fused-ring (bicyclic) bond motifs is 1. The fraction of sp³-hybridized carbons (Fsp3) is 0.300. The van der Waals surface area contributed by atoms with E-state index in [1.165, 1.54) is 0 Å². The van der Waals surface area contributed by atoms with Crippen LogP contribution in [-0.2, 0) is 4.79 Å². The number of hydrogen-bond acceptors (Lipinski definition) is 7. The largest absolute Gasteiger partial charge is 0.493 e. The van der Waals surface area contributed by atoms with Crippen molar-refractivity contribution >= 4 is 27.5 Å². The molecular weight excluding hydrogens is 380 g/mol. The monoisotopic (exact) mass is 402 g/mol. The lowest BCUT2D eigenvalue weighted by molar-refractivity contribution is -0.129. The van der Waals surface area contributed by atoms with Crippen molar-refractivity contribution in [1.29, 1.82) is 0 Å². The number of carbonyl (C=O) groups excluding carboxylic acids is 1. The van der Waals surface area contributed by atoms with Gasteiger partial charge in [-0.2, -0.15) is 0 Å². The summed E-state index contributed by atoms with van der Waals surface area (Å²) in [6, 6.07) is 11.8. The second-order valence-corrected chi connectivity index (χ2v) is 7.07. The highest BCUT2D eigenvalue weighted by molar-refractivity contribution is 7.21. The fourth-order valence-electron chi connectivity index (χ4n) is 2.76.